The van der Waals surface area contributed by atoms with E-state index in [-0.39, 0.29) is 4.90 Å². The molecule has 0 aliphatic heterocycles. The Kier molecular flexibility index (Phi) is 3.00. The third-order valence-corrected chi connectivity index (χ3v) is 4.88. The highest BCUT2D eigenvalue weighted by atomic mass is 32.2. The Morgan fingerprint density at radius 2 is 1.73 bits per heavy atom. The molecule has 15 heavy (non-hydrogen) atoms. The van der Waals surface area contributed by atoms with Gasteiger partial charge >= 0.3 is 0 Å². The van der Waals surface area contributed by atoms with E-state index in [1.807, 2.05) is 0 Å². The summed E-state index contributed by atoms with van der Waals surface area (Å²) in [5.74, 6) is 0. The summed E-state index contributed by atoms with van der Waals surface area (Å²) in [4.78, 5) is 11.0. The molecule has 0 spiro atoms. The molecule has 0 heterocycles. The maximum absolute atomic E-state index is 12.1. The SMILES string of the molecule is Cc1ccccc1S(=O)(=O)C(C)(C)C=O. The summed E-state index contributed by atoms with van der Waals surface area (Å²) in [6.45, 7) is 4.53. The highest BCUT2D eigenvalue weighted by molar-refractivity contribution is 7.93. The van der Waals surface area contributed by atoms with Gasteiger partial charge in [0.2, 0.25) is 0 Å². The van der Waals surface area contributed by atoms with Crippen LogP contribution in [0.5, 0.6) is 0 Å². The summed E-state index contributed by atoms with van der Waals surface area (Å²) in [5, 5.41) is 0. The summed E-state index contributed by atoms with van der Waals surface area (Å²) in [7, 11) is -3.59. The van der Waals surface area contributed by atoms with Gasteiger partial charge in [0.1, 0.15) is 11.0 Å². The number of hydrogen-bond donors (Lipinski definition) is 0. The van der Waals surface area contributed by atoms with Crippen molar-refractivity contribution in [3.05, 3.63) is 29.8 Å². The molecule has 0 bridgehead atoms. The minimum Gasteiger partial charge on any atom is -0.302 e. The van der Waals surface area contributed by atoms with Gasteiger partial charge in [-0.05, 0) is 32.4 Å². The fraction of sp³-hybridized carbons (Fsp3) is 0.364. The normalized spacial score (nSPS) is 12.5. The van der Waals surface area contributed by atoms with E-state index in [2.05, 4.69) is 0 Å². The van der Waals surface area contributed by atoms with Gasteiger partial charge < -0.3 is 4.79 Å². The van der Waals surface area contributed by atoms with E-state index < -0.39 is 14.6 Å². The molecular weight excluding hydrogens is 212 g/mol. The van der Waals surface area contributed by atoms with Crippen molar-refractivity contribution in [1.29, 1.82) is 0 Å². The zero-order valence-electron chi connectivity index (χ0n) is 9.02. The van der Waals surface area contributed by atoms with Crippen LogP contribution in [0.15, 0.2) is 29.2 Å². The van der Waals surface area contributed by atoms with Crippen molar-refractivity contribution < 1.29 is 13.2 Å². The fourth-order valence-electron chi connectivity index (χ4n) is 1.20. The van der Waals surface area contributed by atoms with Crippen molar-refractivity contribution in [3.8, 4) is 0 Å². The van der Waals surface area contributed by atoms with Crippen LogP contribution in [0, 0.1) is 6.92 Å². The molecule has 0 radical (unpaired) electrons. The molecule has 0 saturated carbocycles. The van der Waals surface area contributed by atoms with Crippen LogP contribution in [0.2, 0.25) is 0 Å². The standard InChI is InChI=1S/C11H14O3S/c1-9-6-4-5-7-10(9)15(13,14)11(2,3)8-12/h4-8H,1-3H3. The molecule has 1 aromatic carbocycles. The first-order valence-electron chi connectivity index (χ1n) is 4.59. The number of carbonyl (C=O) groups excluding carboxylic acids is 1. The Hall–Kier alpha value is -1.16. The second-order valence-electron chi connectivity index (χ2n) is 3.99. The molecule has 1 rings (SSSR count). The van der Waals surface area contributed by atoms with E-state index in [9.17, 15) is 13.2 Å². The van der Waals surface area contributed by atoms with Gasteiger partial charge in [-0.1, -0.05) is 18.2 Å². The van der Waals surface area contributed by atoms with Crippen molar-refractivity contribution in [1.82, 2.24) is 0 Å². The van der Waals surface area contributed by atoms with Gasteiger partial charge in [-0.2, -0.15) is 0 Å². The highest BCUT2D eigenvalue weighted by Crippen LogP contribution is 2.25. The molecule has 0 atom stereocenters. The predicted molar refractivity (Wildman–Crippen MR) is 58.5 cm³/mol. The zero-order chi connectivity index (χ0) is 11.7. The summed E-state index contributed by atoms with van der Waals surface area (Å²) < 4.78 is 22.8. The Bertz CT molecular complexity index is 472. The Morgan fingerprint density at radius 3 is 2.20 bits per heavy atom. The Balaban J connectivity index is 3.43. The minimum absolute atomic E-state index is 0.224. The molecule has 0 fully saturated rings. The fourth-order valence-corrected chi connectivity index (χ4v) is 2.65. The molecule has 0 unspecified atom stereocenters. The average Bonchev–Trinajstić information content (AvgIpc) is 2.18. The minimum atomic E-state index is -3.59. The average molecular weight is 226 g/mol. The summed E-state index contributed by atoms with van der Waals surface area (Å²) in [5.41, 5.74) is 0.660. The van der Waals surface area contributed by atoms with Gasteiger partial charge in [0.05, 0.1) is 4.90 Å². The van der Waals surface area contributed by atoms with Gasteiger partial charge in [0, 0.05) is 0 Å². The third kappa shape index (κ3) is 1.95. The maximum Gasteiger partial charge on any atom is 0.190 e. The third-order valence-electron chi connectivity index (χ3n) is 2.36. The van der Waals surface area contributed by atoms with E-state index >= 15 is 0 Å². The Labute approximate surface area is 90.0 Å². The summed E-state index contributed by atoms with van der Waals surface area (Å²) in [6.07, 6.45) is 0.467. The smallest absolute Gasteiger partial charge is 0.190 e. The molecule has 0 amide bonds. The van der Waals surface area contributed by atoms with Crippen LogP contribution in [-0.2, 0) is 14.6 Å². The highest BCUT2D eigenvalue weighted by Gasteiger charge is 2.36. The van der Waals surface area contributed by atoms with Crippen molar-refractivity contribution in [2.45, 2.75) is 30.4 Å². The van der Waals surface area contributed by atoms with Crippen LogP contribution < -0.4 is 0 Å². The molecule has 0 aliphatic rings. The summed E-state index contributed by atoms with van der Waals surface area (Å²) >= 11 is 0. The lowest BCUT2D eigenvalue weighted by molar-refractivity contribution is -0.109. The first-order chi connectivity index (χ1) is 6.83. The van der Waals surface area contributed by atoms with E-state index in [0.29, 0.717) is 11.8 Å². The summed E-state index contributed by atoms with van der Waals surface area (Å²) in [6, 6.07) is 6.66. The van der Waals surface area contributed by atoms with Crippen molar-refractivity contribution >= 4 is 16.1 Å². The van der Waals surface area contributed by atoms with Crippen LogP contribution in [0.4, 0.5) is 0 Å². The first kappa shape index (κ1) is 11.9. The number of benzene rings is 1. The number of aryl methyl sites for hydroxylation is 1. The van der Waals surface area contributed by atoms with Crippen molar-refractivity contribution in [2.75, 3.05) is 0 Å². The van der Waals surface area contributed by atoms with Crippen LogP contribution in [0.25, 0.3) is 0 Å². The number of hydrogen-bond acceptors (Lipinski definition) is 3. The van der Waals surface area contributed by atoms with Crippen molar-refractivity contribution in [2.24, 2.45) is 0 Å². The number of aldehydes is 1. The molecule has 1 aromatic rings. The second-order valence-corrected chi connectivity index (χ2v) is 6.49. The number of sulfone groups is 1. The number of carbonyl (C=O) groups is 1. The molecule has 0 aliphatic carbocycles. The molecule has 82 valence electrons. The van der Waals surface area contributed by atoms with Crippen molar-refractivity contribution in [3.63, 3.8) is 0 Å². The molecule has 0 N–H and O–H groups in total. The lowest BCUT2D eigenvalue weighted by Gasteiger charge is -2.18. The van der Waals surface area contributed by atoms with E-state index in [0.717, 1.165) is 0 Å². The lowest BCUT2D eigenvalue weighted by atomic mass is 10.2. The van der Waals surface area contributed by atoms with Gasteiger partial charge in [-0.15, -0.1) is 0 Å². The molecular formula is C11H14O3S. The lowest BCUT2D eigenvalue weighted by Crippen LogP contribution is -2.33. The molecule has 0 aromatic heterocycles. The van der Waals surface area contributed by atoms with Crippen LogP contribution in [0.1, 0.15) is 19.4 Å². The first-order valence-corrected chi connectivity index (χ1v) is 6.08. The molecule has 0 saturated heterocycles. The zero-order valence-corrected chi connectivity index (χ0v) is 9.84. The van der Waals surface area contributed by atoms with E-state index in [4.69, 9.17) is 0 Å². The van der Waals surface area contributed by atoms with Gasteiger partial charge in [0.25, 0.3) is 0 Å². The molecule has 3 nitrogen and oxygen atoms in total. The predicted octanol–water partition coefficient (Wildman–Crippen LogP) is 1.75. The van der Waals surface area contributed by atoms with Gasteiger partial charge in [0.15, 0.2) is 9.84 Å². The van der Waals surface area contributed by atoms with Crippen LogP contribution in [-0.4, -0.2) is 19.5 Å². The second kappa shape index (κ2) is 3.77. The van der Waals surface area contributed by atoms with Gasteiger partial charge in [-0.3, -0.25) is 0 Å². The van der Waals surface area contributed by atoms with Crippen LogP contribution in [0.3, 0.4) is 0 Å². The monoisotopic (exact) mass is 226 g/mol. The Morgan fingerprint density at radius 1 is 1.20 bits per heavy atom. The number of rotatable bonds is 3. The quantitative estimate of drug-likeness (QED) is 0.738. The topological polar surface area (TPSA) is 51.2 Å². The van der Waals surface area contributed by atoms with Gasteiger partial charge in [-0.25, -0.2) is 8.42 Å². The van der Waals surface area contributed by atoms with E-state index in [1.54, 1.807) is 25.1 Å². The van der Waals surface area contributed by atoms with Crippen LogP contribution >= 0.6 is 0 Å². The largest absolute Gasteiger partial charge is 0.302 e. The van der Waals surface area contributed by atoms with E-state index in [1.165, 1.54) is 19.9 Å². The maximum atomic E-state index is 12.1. The molecule has 4 heteroatoms.